The number of nitrogen functional groups attached to an aromatic ring is 1. The Balaban J connectivity index is 3.33. The summed E-state index contributed by atoms with van der Waals surface area (Å²) in [5.74, 6) is 4.03. The van der Waals surface area contributed by atoms with E-state index in [9.17, 15) is 18.0 Å². The van der Waals surface area contributed by atoms with E-state index < -0.39 is 11.7 Å². The van der Waals surface area contributed by atoms with Gasteiger partial charge in [-0.2, -0.15) is 13.2 Å². The summed E-state index contributed by atoms with van der Waals surface area (Å²) in [7, 11) is 0. The molecule has 1 aromatic carbocycles. The Kier molecular flexibility index (Phi) is 3.00. The predicted molar refractivity (Wildman–Crippen MR) is 48.8 cm³/mol. The minimum absolute atomic E-state index is 0.000946. The number of rotatable bonds is 0. The molecule has 2 nitrogen and oxygen atoms in total. The Morgan fingerprint density at radius 2 is 2.00 bits per heavy atom. The van der Waals surface area contributed by atoms with E-state index in [1.165, 1.54) is 6.07 Å². The van der Waals surface area contributed by atoms with Crippen LogP contribution in [-0.2, 0) is 11.0 Å². The van der Waals surface area contributed by atoms with Crippen LogP contribution in [0.15, 0.2) is 18.2 Å². The van der Waals surface area contributed by atoms with Crippen LogP contribution in [0.2, 0.25) is 0 Å². The van der Waals surface area contributed by atoms with Gasteiger partial charge in [0, 0.05) is 11.3 Å². The second-order valence-corrected chi connectivity index (χ2v) is 2.69. The summed E-state index contributed by atoms with van der Waals surface area (Å²) in [5.41, 5.74) is 4.04. The van der Waals surface area contributed by atoms with Crippen molar-refractivity contribution in [2.24, 2.45) is 0 Å². The molecule has 2 N–H and O–H groups in total. The average molecular weight is 213 g/mol. The largest absolute Gasteiger partial charge is 0.417 e. The summed E-state index contributed by atoms with van der Waals surface area (Å²) >= 11 is 0. The standard InChI is InChI=1S/C10H6F3NO/c11-10(12,13)9-6-8(14)4-3-7(9)2-1-5-15/h3-6H,14H2. The lowest BCUT2D eigenvalue weighted by Crippen LogP contribution is -2.08. The minimum Gasteiger partial charge on any atom is -0.399 e. The Bertz CT molecular complexity index is 440. The van der Waals surface area contributed by atoms with E-state index in [2.05, 4.69) is 5.92 Å². The molecular formula is C10H6F3NO. The summed E-state index contributed by atoms with van der Waals surface area (Å²) in [6.07, 6.45) is -4.29. The fourth-order valence-corrected chi connectivity index (χ4v) is 1.01. The molecule has 0 heterocycles. The first kappa shape index (κ1) is 11.1. The third-order valence-corrected chi connectivity index (χ3v) is 1.61. The molecule has 1 aromatic rings. The zero-order chi connectivity index (χ0) is 11.5. The number of anilines is 1. The molecule has 0 amide bonds. The monoisotopic (exact) mass is 213 g/mol. The van der Waals surface area contributed by atoms with Gasteiger partial charge in [0.2, 0.25) is 0 Å². The molecule has 0 bridgehead atoms. The maximum Gasteiger partial charge on any atom is 0.417 e. The Morgan fingerprint density at radius 1 is 1.33 bits per heavy atom. The van der Waals surface area contributed by atoms with Gasteiger partial charge in [0.15, 0.2) is 6.29 Å². The van der Waals surface area contributed by atoms with Crippen molar-refractivity contribution in [3.63, 3.8) is 0 Å². The average Bonchev–Trinajstić information content (AvgIpc) is 2.14. The first-order valence-electron chi connectivity index (χ1n) is 3.87. The second-order valence-electron chi connectivity index (χ2n) is 2.69. The molecule has 0 spiro atoms. The number of halogens is 3. The third-order valence-electron chi connectivity index (χ3n) is 1.61. The number of carbonyl (C=O) groups excluding carboxylic acids is 1. The van der Waals surface area contributed by atoms with Crippen molar-refractivity contribution < 1.29 is 18.0 Å². The Labute approximate surface area is 83.9 Å². The van der Waals surface area contributed by atoms with Gasteiger partial charge in [0.05, 0.1) is 5.56 Å². The van der Waals surface area contributed by atoms with E-state index in [1.807, 2.05) is 5.92 Å². The maximum absolute atomic E-state index is 12.4. The maximum atomic E-state index is 12.4. The summed E-state index contributed by atoms with van der Waals surface area (Å²) in [5, 5.41) is 0. The van der Waals surface area contributed by atoms with Gasteiger partial charge in [-0.15, -0.1) is 0 Å². The number of aldehydes is 1. The van der Waals surface area contributed by atoms with Gasteiger partial charge in [0.25, 0.3) is 0 Å². The van der Waals surface area contributed by atoms with Crippen molar-refractivity contribution in [3.8, 4) is 11.8 Å². The smallest absolute Gasteiger partial charge is 0.399 e. The van der Waals surface area contributed by atoms with Crippen LogP contribution < -0.4 is 5.73 Å². The van der Waals surface area contributed by atoms with Crippen LogP contribution in [0.25, 0.3) is 0 Å². The van der Waals surface area contributed by atoms with E-state index in [-0.39, 0.29) is 17.5 Å². The van der Waals surface area contributed by atoms with Gasteiger partial charge < -0.3 is 5.73 Å². The number of nitrogens with two attached hydrogens (primary N) is 1. The molecule has 0 saturated carbocycles. The van der Waals surface area contributed by atoms with Crippen LogP contribution in [0.1, 0.15) is 11.1 Å². The lowest BCUT2D eigenvalue weighted by molar-refractivity contribution is -0.137. The second kappa shape index (κ2) is 4.05. The van der Waals surface area contributed by atoms with Gasteiger partial charge in [-0.25, -0.2) is 0 Å². The number of hydrogen-bond acceptors (Lipinski definition) is 2. The SMILES string of the molecule is Nc1ccc(C#CC=O)c(C(F)(F)F)c1. The fourth-order valence-electron chi connectivity index (χ4n) is 1.01. The van der Waals surface area contributed by atoms with Crippen molar-refractivity contribution >= 4 is 12.0 Å². The summed E-state index contributed by atoms with van der Waals surface area (Å²) < 4.78 is 37.3. The van der Waals surface area contributed by atoms with E-state index >= 15 is 0 Å². The summed E-state index contributed by atoms with van der Waals surface area (Å²) in [4.78, 5) is 9.93. The molecule has 78 valence electrons. The zero-order valence-corrected chi connectivity index (χ0v) is 7.43. The van der Waals surface area contributed by atoms with Crippen molar-refractivity contribution in [1.29, 1.82) is 0 Å². The molecule has 1 rings (SSSR count). The molecule has 15 heavy (non-hydrogen) atoms. The quantitative estimate of drug-likeness (QED) is 0.406. The number of alkyl halides is 3. The molecule has 5 heteroatoms. The Morgan fingerprint density at radius 3 is 2.53 bits per heavy atom. The molecule has 0 saturated heterocycles. The van der Waals surface area contributed by atoms with Gasteiger partial charge in [-0.05, 0) is 24.1 Å². The Hall–Kier alpha value is -1.96. The van der Waals surface area contributed by atoms with Gasteiger partial charge in [-0.3, -0.25) is 4.79 Å². The highest BCUT2D eigenvalue weighted by Gasteiger charge is 2.33. The molecule has 0 atom stereocenters. The topological polar surface area (TPSA) is 43.1 Å². The van der Waals surface area contributed by atoms with E-state index in [1.54, 1.807) is 0 Å². The lowest BCUT2D eigenvalue weighted by atomic mass is 10.1. The highest BCUT2D eigenvalue weighted by atomic mass is 19.4. The van der Waals surface area contributed by atoms with Crippen LogP contribution in [0.4, 0.5) is 18.9 Å². The molecule has 0 aliphatic heterocycles. The highest BCUT2D eigenvalue weighted by Crippen LogP contribution is 2.32. The molecule has 0 aromatic heterocycles. The molecule has 0 aliphatic rings. The minimum atomic E-state index is -4.53. The normalized spacial score (nSPS) is 10.3. The van der Waals surface area contributed by atoms with Crippen LogP contribution in [-0.4, -0.2) is 6.29 Å². The van der Waals surface area contributed by atoms with Crippen LogP contribution in [0.3, 0.4) is 0 Å². The first-order valence-corrected chi connectivity index (χ1v) is 3.87. The van der Waals surface area contributed by atoms with Crippen molar-refractivity contribution in [1.82, 2.24) is 0 Å². The molecule has 0 radical (unpaired) electrons. The van der Waals surface area contributed by atoms with Crippen LogP contribution in [0, 0.1) is 11.8 Å². The van der Waals surface area contributed by atoms with Gasteiger partial charge in [-0.1, -0.05) is 5.92 Å². The highest BCUT2D eigenvalue weighted by molar-refractivity contribution is 5.74. The predicted octanol–water partition coefficient (Wildman–Crippen LogP) is 1.84. The zero-order valence-electron chi connectivity index (χ0n) is 7.43. The van der Waals surface area contributed by atoms with Crippen molar-refractivity contribution in [3.05, 3.63) is 29.3 Å². The summed E-state index contributed by atoms with van der Waals surface area (Å²) in [6, 6.07) is 3.22. The van der Waals surface area contributed by atoms with E-state index in [0.29, 0.717) is 0 Å². The van der Waals surface area contributed by atoms with E-state index in [4.69, 9.17) is 5.73 Å². The number of hydrogen-bond donors (Lipinski definition) is 1. The number of benzene rings is 1. The summed E-state index contributed by atoms with van der Waals surface area (Å²) in [6.45, 7) is 0. The van der Waals surface area contributed by atoms with Crippen LogP contribution in [0.5, 0.6) is 0 Å². The van der Waals surface area contributed by atoms with E-state index in [0.717, 1.165) is 12.1 Å². The van der Waals surface area contributed by atoms with Crippen molar-refractivity contribution in [2.45, 2.75) is 6.18 Å². The third kappa shape index (κ3) is 2.74. The molecule has 0 aliphatic carbocycles. The molecule has 0 fully saturated rings. The van der Waals surface area contributed by atoms with Crippen molar-refractivity contribution in [2.75, 3.05) is 5.73 Å². The first-order chi connectivity index (χ1) is 6.95. The molecular weight excluding hydrogens is 207 g/mol. The lowest BCUT2D eigenvalue weighted by Gasteiger charge is -2.09. The van der Waals surface area contributed by atoms with Crippen LogP contribution >= 0.6 is 0 Å². The molecule has 0 unspecified atom stereocenters. The van der Waals surface area contributed by atoms with Gasteiger partial charge in [0.1, 0.15) is 0 Å². The fraction of sp³-hybridized carbons (Fsp3) is 0.100. The number of carbonyl (C=O) groups is 1. The van der Waals surface area contributed by atoms with Gasteiger partial charge >= 0.3 is 6.18 Å².